The second-order valence-corrected chi connectivity index (χ2v) is 11.7. The number of imidazole rings is 1. The quantitative estimate of drug-likeness (QED) is 0.247. The monoisotopic (exact) mass is 507 g/mol. The van der Waals surface area contributed by atoms with E-state index in [4.69, 9.17) is 24.8 Å². The SMILES string of the molecule is Nc1ncnc2c1ncn2C1CC(O)C(COP(O)(=S)OP(=O)(O)OP(=O)(O)O)O1. The number of phosphoric acid groups is 2. The summed E-state index contributed by atoms with van der Waals surface area (Å²) in [6, 6.07) is 0. The fourth-order valence-corrected chi connectivity index (χ4v) is 6.56. The summed E-state index contributed by atoms with van der Waals surface area (Å²) in [4.78, 5) is 48.2. The van der Waals surface area contributed by atoms with Crippen molar-refractivity contribution in [3.05, 3.63) is 12.7 Å². The fraction of sp³-hybridized carbons (Fsp3) is 0.500. The molecule has 1 saturated heterocycles. The molecule has 5 atom stereocenters. The van der Waals surface area contributed by atoms with E-state index in [1.54, 1.807) is 0 Å². The van der Waals surface area contributed by atoms with Crippen LogP contribution in [0.15, 0.2) is 12.7 Å². The molecule has 2 aromatic rings. The molecule has 7 N–H and O–H groups in total. The van der Waals surface area contributed by atoms with Crippen LogP contribution in [-0.2, 0) is 38.8 Å². The van der Waals surface area contributed by atoms with Crippen LogP contribution in [0.1, 0.15) is 12.6 Å². The van der Waals surface area contributed by atoms with Crippen LogP contribution < -0.4 is 5.73 Å². The number of rotatable bonds is 8. The molecule has 0 aliphatic carbocycles. The summed E-state index contributed by atoms with van der Waals surface area (Å²) in [7, 11) is -10.8. The molecule has 0 radical (unpaired) electrons. The maximum atomic E-state index is 11.5. The van der Waals surface area contributed by atoms with E-state index in [2.05, 4.69) is 35.4 Å². The van der Waals surface area contributed by atoms with E-state index in [0.29, 0.717) is 11.2 Å². The molecule has 0 saturated carbocycles. The Labute approximate surface area is 172 Å². The highest BCUT2D eigenvalue weighted by Gasteiger charge is 2.41. The number of ether oxygens (including phenoxy) is 1. The second-order valence-electron chi connectivity index (χ2n) is 5.90. The molecule has 1 aliphatic heterocycles. The summed E-state index contributed by atoms with van der Waals surface area (Å²) in [5, 5.41) is 10.2. The van der Waals surface area contributed by atoms with E-state index < -0.39 is 47.4 Å². The van der Waals surface area contributed by atoms with Crippen LogP contribution in [0.3, 0.4) is 0 Å². The first-order valence-electron chi connectivity index (χ1n) is 7.81. The van der Waals surface area contributed by atoms with Gasteiger partial charge in [-0.2, -0.15) is 4.31 Å². The summed E-state index contributed by atoms with van der Waals surface area (Å²) in [6.07, 6.45) is -0.213. The molecule has 3 rings (SSSR count). The zero-order chi connectivity index (χ0) is 22.3. The molecular formula is C10H16N5O11P3S. The third-order valence-electron chi connectivity index (χ3n) is 3.72. The van der Waals surface area contributed by atoms with Crippen LogP contribution in [0.4, 0.5) is 5.82 Å². The van der Waals surface area contributed by atoms with Gasteiger partial charge in [0.1, 0.15) is 24.2 Å². The van der Waals surface area contributed by atoms with Crippen LogP contribution in [0, 0.1) is 0 Å². The van der Waals surface area contributed by atoms with Gasteiger partial charge in [0.15, 0.2) is 11.5 Å². The van der Waals surface area contributed by atoms with Gasteiger partial charge in [-0.15, -0.1) is 0 Å². The van der Waals surface area contributed by atoms with E-state index in [0.717, 1.165) is 0 Å². The highest BCUT2D eigenvalue weighted by molar-refractivity contribution is 8.08. The molecule has 0 amide bonds. The van der Waals surface area contributed by atoms with Gasteiger partial charge in [0, 0.05) is 6.42 Å². The van der Waals surface area contributed by atoms with Gasteiger partial charge in [-0.25, -0.2) is 28.4 Å². The van der Waals surface area contributed by atoms with Crippen LogP contribution in [-0.4, -0.2) is 63.0 Å². The molecule has 5 unspecified atom stereocenters. The number of aromatic nitrogens is 4. The molecule has 2 aromatic heterocycles. The Morgan fingerprint density at radius 3 is 2.60 bits per heavy atom. The smallest absolute Gasteiger partial charge is 0.390 e. The third-order valence-corrected chi connectivity index (χ3v) is 8.44. The standard InChI is InChI=1S/C10H16N5O11P3S/c11-9-8-10(13-3-12-9)15(4-14-8)7-1-5(16)6(24-7)2-23-29(22,30)26-28(20,21)25-27(17,18)19/h3-7,16H,1-2H2,(H,20,21)(H,22,30)(H2,11,12,13)(H2,17,18,19). The van der Waals surface area contributed by atoms with Crippen LogP contribution in [0.5, 0.6) is 0 Å². The lowest BCUT2D eigenvalue weighted by molar-refractivity contribution is -0.0399. The third kappa shape index (κ3) is 5.87. The molecule has 0 aromatic carbocycles. The molecule has 3 heterocycles. The lowest BCUT2D eigenvalue weighted by Crippen LogP contribution is -2.26. The molecule has 0 spiro atoms. The van der Waals surface area contributed by atoms with Crippen molar-refractivity contribution in [1.29, 1.82) is 0 Å². The first-order valence-corrected chi connectivity index (χ1v) is 13.4. The highest BCUT2D eigenvalue weighted by atomic mass is 32.5. The topological polar surface area (TPSA) is 242 Å². The average Bonchev–Trinajstić information content (AvgIpc) is 3.14. The highest BCUT2D eigenvalue weighted by Crippen LogP contribution is 2.66. The minimum absolute atomic E-state index is 0.0678. The summed E-state index contributed by atoms with van der Waals surface area (Å²) in [5.74, 6) is 0.154. The van der Waals surface area contributed by atoms with Gasteiger partial charge in [0.25, 0.3) is 0 Å². The Hall–Kier alpha value is -0.900. The normalized spacial score (nSPS) is 26.5. The number of aliphatic hydroxyl groups excluding tert-OH is 1. The van der Waals surface area contributed by atoms with Crippen molar-refractivity contribution in [2.24, 2.45) is 0 Å². The predicted molar refractivity (Wildman–Crippen MR) is 101 cm³/mol. The van der Waals surface area contributed by atoms with Crippen molar-refractivity contribution in [2.75, 3.05) is 12.3 Å². The zero-order valence-corrected chi connectivity index (χ0v) is 18.1. The molecule has 168 valence electrons. The number of hydrogen-bond acceptors (Lipinski definition) is 12. The molecule has 1 aliphatic rings. The number of aliphatic hydroxyl groups is 1. The molecule has 20 heteroatoms. The number of nitrogen functional groups attached to an aromatic ring is 1. The molecule has 16 nitrogen and oxygen atoms in total. The van der Waals surface area contributed by atoms with Crippen LogP contribution in [0.2, 0.25) is 0 Å². The van der Waals surface area contributed by atoms with Gasteiger partial charge < -0.3 is 39.7 Å². The van der Waals surface area contributed by atoms with Gasteiger partial charge in [0.2, 0.25) is 0 Å². The first-order chi connectivity index (χ1) is 13.8. The minimum atomic E-state index is -5.43. The van der Waals surface area contributed by atoms with Crippen molar-refractivity contribution in [2.45, 2.75) is 24.9 Å². The average molecular weight is 507 g/mol. The van der Waals surface area contributed by atoms with E-state index >= 15 is 0 Å². The van der Waals surface area contributed by atoms with Gasteiger partial charge in [-0.05, 0) is 11.8 Å². The van der Waals surface area contributed by atoms with E-state index in [-0.39, 0.29) is 12.2 Å². The van der Waals surface area contributed by atoms with Crippen LogP contribution >= 0.6 is 22.4 Å². The lowest BCUT2D eigenvalue weighted by Gasteiger charge is -2.21. The number of hydrogen-bond donors (Lipinski definition) is 6. The number of anilines is 1. The van der Waals surface area contributed by atoms with Crippen LogP contribution in [0.25, 0.3) is 11.2 Å². The molecule has 30 heavy (non-hydrogen) atoms. The minimum Gasteiger partial charge on any atom is -0.390 e. The van der Waals surface area contributed by atoms with E-state index in [1.165, 1.54) is 17.2 Å². The molecule has 0 bridgehead atoms. The van der Waals surface area contributed by atoms with Gasteiger partial charge in [-0.3, -0.25) is 4.57 Å². The van der Waals surface area contributed by atoms with Crippen molar-refractivity contribution in [1.82, 2.24) is 19.5 Å². The van der Waals surface area contributed by atoms with Gasteiger partial charge in [-0.1, -0.05) is 0 Å². The maximum Gasteiger partial charge on any atom is 0.488 e. The Morgan fingerprint density at radius 2 is 1.93 bits per heavy atom. The van der Waals surface area contributed by atoms with Gasteiger partial charge >= 0.3 is 22.4 Å². The number of nitrogens with two attached hydrogens (primary N) is 1. The summed E-state index contributed by atoms with van der Waals surface area (Å²) < 4.78 is 41.8. The fourth-order valence-electron chi connectivity index (χ4n) is 2.59. The molecular weight excluding hydrogens is 491 g/mol. The Bertz CT molecular complexity index is 1080. The first kappa shape index (κ1) is 23.8. The van der Waals surface area contributed by atoms with Crippen molar-refractivity contribution < 1.29 is 51.7 Å². The molecule has 1 fully saturated rings. The lowest BCUT2D eigenvalue weighted by atomic mass is 10.2. The largest absolute Gasteiger partial charge is 0.488 e. The van der Waals surface area contributed by atoms with E-state index in [1.807, 2.05) is 0 Å². The summed E-state index contributed by atoms with van der Waals surface area (Å²) >= 11 is 4.51. The Balaban J connectivity index is 1.64. The van der Waals surface area contributed by atoms with Gasteiger partial charge in [0.05, 0.1) is 19.0 Å². The predicted octanol–water partition coefficient (Wildman–Crippen LogP) is -0.483. The summed E-state index contributed by atoms with van der Waals surface area (Å²) in [6.45, 7) is -5.08. The number of nitrogens with zero attached hydrogens (tertiary/aromatic N) is 4. The maximum absolute atomic E-state index is 11.5. The van der Waals surface area contributed by atoms with Crippen molar-refractivity contribution in [3.8, 4) is 0 Å². The second kappa shape index (κ2) is 8.56. The Morgan fingerprint density at radius 1 is 1.23 bits per heavy atom. The van der Waals surface area contributed by atoms with Crippen molar-refractivity contribution >= 4 is 51.2 Å². The zero-order valence-electron chi connectivity index (χ0n) is 14.6. The van der Waals surface area contributed by atoms with Crippen molar-refractivity contribution in [3.63, 3.8) is 0 Å². The van der Waals surface area contributed by atoms with E-state index in [9.17, 15) is 24.0 Å². The number of fused-ring (bicyclic) bond motifs is 1. The Kier molecular flexibility index (Phi) is 6.78. The summed E-state index contributed by atoms with van der Waals surface area (Å²) in [5.41, 5.74) is 6.40.